The van der Waals surface area contributed by atoms with Gasteiger partial charge in [0.25, 0.3) is 0 Å². The van der Waals surface area contributed by atoms with Crippen molar-refractivity contribution in [3.8, 4) is 0 Å². The van der Waals surface area contributed by atoms with Gasteiger partial charge in [0.05, 0.1) is 13.3 Å². The average molecular weight is 240 g/mol. The van der Waals surface area contributed by atoms with Crippen molar-refractivity contribution < 1.29 is 9.53 Å². The molecule has 0 aliphatic heterocycles. The molecule has 0 amide bonds. The van der Waals surface area contributed by atoms with Crippen molar-refractivity contribution in [2.75, 3.05) is 12.4 Å². The van der Waals surface area contributed by atoms with Crippen molar-refractivity contribution in [1.82, 2.24) is 4.98 Å². The predicted molar refractivity (Wildman–Crippen MR) is 63.9 cm³/mol. The third-order valence-electron chi connectivity index (χ3n) is 3.10. The fraction of sp³-hybridized carbons (Fsp3) is 0.636. The van der Waals surface area contributed by atoms with E-state index in [0.717, 1.165) is 11.0 Å². The van der Waals surface area contributed by atoms with Gasteiger partial charge in [-0.3, -0.25) is 0 Å². The Bertz CT molecular complexity index is 374. The summed E-state index contributed by atoms with van der Waals surface area (Å²) >= 11 is 1.35. The second kappa shape index (κ2) is 4.82. The number of hydrogen-bond acceptors (Lipinski definition) is 5. The van der Waals surface area contributed by atoms with E-state index >= 15 is 0 Å². The van der Waals surface area contributed by atoms with Gasteiger partial charge >= 0.3 is 5.97 Å². The van der Waals surface area contributed by atoms with Crippen LogP contribution in [0.2, 0.25) is 0 Å². The molecule has 4 nitrogen and oxygen atoms in total. The molecule has 1 heterocycles. The summed E-state index contributed by atoms with van der Waals surface area (Å²) in [5.74, 6) is 0.437. The summed E-state index contributed by atoms with van der Waals surface area (Å²) in [6.45, 7) is 2.17. The summed E-state index contributed by atoms with van der Waals surface area (Å²) in [6, 6.07) is 0.436. The first kappa shape index (κ1) is 11.4. The highest BCUT2D eigenvalue weighted by molar-refractivity contribution is 7.17. The van der Waals surface area contributed by atoms with Crippen LogP contribution in [0.4, 0.5) is 5.13 Å². The van der Waals surface area contributed by atoms with E-state index in [4.69, 9.17) is 0 Å². The van der Waals surface area contributed by atoms with Crippen LogP contribution in [0.5, 0.6) is 0 Å². The summed E-state index contributed by atoms with van der Waals surface area (Å²) < 4.78 is 4.64. The third-order valence-corrected chi connectivity index (χ3v) is 4.01. The molecule has 1 aromatic rings. The number of rotatable bonds is 4. The van der Waals surface area contributed by atoms with Gasteiger partial charge in [0.1, 0.15) is 4.88 Å². The number of aromatic nitrogens is 1. The highest BCUT2D eigenvalue weighted by atomic mass is 32.1. The molecule has 1 unspecified atom stereocenters. The number of carbonyl (C=O) groups excluding carboxylic acids is 1. The lowest BCUT2D eigenvalue weighted by Gasteiger charge is -2.31. The van der Waals surface area contributed by atoms with Gasteiger partial charge < -0.3 is 10.1 Å². The van der Waals surface area contributed by atoms with E-state index < -0.39 is 0 Å². The molecule has 0 aromatic carbocycles. The Hall–Kier alpha value is -1.10. The topological polar surface area (TPSA) is 51.2 Å². The van der Waals surface area contributed by atoms with Crippen LogP contribution in [-0.2, 0) is 4.74 Å². The van der Waals surface area contributed by atoms with E-state index in [1.54, 1.807) is 6.20 Å². The van der Waals surface area contributed by atoms with E-state index in [0.29, 0.717) is 10.9 Å². The zero-order chi connectivity index (χ0) is 11.5. The molecule has 1 aliphatic carbocycles. The second-order valence-electron chi connectivity index (χ2n) is 4.15. The Labute approximate surface area is 99.0 Å². The van der Waals surface area contributed by atoms with Gasteiger partial charge in [-0.1, -0.05) is 17.8 Å². The maximum atomic E-state index is 11.2. The number of thiazole rings is 1. The maximum absolute atomic E-state index is 11.2. The van der Waals surface area contributed by atoms with Crippen molar-refractivity contribution in [1.29, 1.82) is 0 Å². The fourth-order valence-electron chi connectivity index (χ4n) is 1.79. The van der Waals surface area contributed by atoms with E-state index in [2.05, 4.69) is 22.0 Å². The molecule has 0 radical (unpaired) electrons. The van der Waals surface area contributed by atoms with Crippen LogP contribution >= 0.6 is 11.3 Å². The number of nitrogens with zero attached hydrogens (tertiary/aromatic N) is 1. The smallest absolute Gasteiger partial charge is 0.349 e. The van der Waals surface area contributed by atoms with Crippen molar-refractivity contribution in [3.05, 3.63) is 11.1 Å². The molecule has 1 fully saturated rings. The first-order valence-corrected chi connectivity index (χ1v) is 6.33. The Morgan fingerprint density at radius 2 is 2.44 bits per heavy atom. The molecule has 88 valence electrons. The Morgan fingerprint density at radius 1 is 1.69 bits per heavy atom. The summed E-state index contributed by atoms with van der Waals surface area (Å²) in [5, 5.41) is 4.15. The van der Waals surface area contributed by atoms with Crippen LogP contribution < -0.4 is 5.32 Å². The van der Waals surface area contributed by atoms with E-state index in [1.165, 1.54) is 37.7 Å². The van der Waals surface area contributed by atoms with Gasteiger partial charge in [0.15, 0.2) is 5.13 Å². The molecule has 0 spiro atoms. The molecule has 1 aliphatic rings. The van der Waals surface area contributed by atoms with Gasteiger partial charge in [0, 0.05) is 6.04 Å². The molecule has 1 atom stereocenters. The Balaban J connectivity index is 1.93. The molecule has 0 saturated heterocycles. The van der Waals surface area contributed by atoms with Gasteiger partial charge in [-0.05, 0) is 25.7 Å². The first-order valence-electron chi connectivity index (χ1n) is 5.51. The molecular formula is C11H16N2O2S. The summed E-state index contributed by atoms with van der Waals surface area (Å²) in [7, 11) is 1.38. The van der Waals surface area contributed by atoms with Crippen LogP contribution in [0.15, 0.2) is 6.20 Å². The zero-order valence-electron chi connectivity index (χ0n) is 9.53. The molecule has 5 heteroatoms. The maximum Gasteiger partial charge on any atom is 0.349 e. The molecule has 16 heavy (non-hydrogen) atoms. The molecular weight excluding hydrogens is 224 g/mol. The predicted octanol–water partition coefficient (Wildman–Crippen LogP) is 2.53. The van der Waals surface area contributed by atoms with Gasteiger partial charge in [-0.2, -0.15) is 0 Å². The first-order chi connectivity index (χ1) is 7.70. The minimum atomic E-state index is -0.318. The SMILES string of the molecule is COC(=O)c1cnc(NC(C)C2CCC2)s1. The Morgan fingerprint density at radius 3 is 3.00 bits per heavy atom. The second-order valence-corrected chi connectivity index (χ2v) is 5.18. The normalized spacial score (nSPS) is 17.6. The van der Waals surface area contributed by atoms with Gasteiger partial charge in [-0.15, -0.1) is 0 Å². The molecule has 2 rings (SSSR count). The number of nitrogens with one attached hydrogen (secondary N) is 1. The van der Waals surface area contributed by atoms with Crippen molar-refractivity contribution in [3.63, 3.8) is 0 Å². The van der Waals surface area contributed by atoms with Gasteiger partial charge in [-0.25, -0.2) is 9.78 Å². The summed E-state index contributed by atoms with van der Waals surface area (Å²) in [4.78, 5) is 16.0. The third kappa shape index (κ3) is 2.35. The van der Waals surface area contributed by atoms with Crippen molar-refractivity contribution >= 4 is 22.4 Å². The van der Waals surface area contributed by atoms with Gasteiger partial charge in [0.2, 0.25) is 0 Å². The average Bonchev–Trinajstić information content (AvgIpc) is 2.62. The monoisotopic (exact) mass is 240 g/mol. The lowest BCUT2D eigenvalue weighted by atomic mass is 9.80. The molecule has 0 bridgehead atoms. The van der Waals surface area contributed by atoms with E-state index in [-0.39, 0.29) is 5.97 Å². The summed E-state index contributed by atoms with van der Waals surface area (Å²) in [6.07, 6.45) is 5.49. The van der Waals surface area contributed by atoms with E-state index in [9.17, 15) is 4.79 Å². The highest BCUT2D eigenvalue weighted by Gasteiger charge is 2.24. The lowest BCUT2D eigenvalue weighted by Crippen LogP contribution is -2.30. The van der Waals surface area contributed by atoms with Crippen LogP contribution in [0, 0.1) is 5.92 Å². The highest BCUT2D eigenvalue weighted by Crippen LogP contribution is 2.31. The zero-order valence-corrected chi connectivity index (χ0v) is 10.3. The van der Waals surface area contributed by atoms with Crippen LogP contribution in [0.3, 0.4) is 0 Å². The Kier molecular flexibility index (Phi) is 3.43. The minimum Gasteiger partial charge on any atom is -0.465 e. The standard InChI is InChI=1S/C11H16N2O2S/c1-7(8-4-3-5-8)13-11-12-6-9(16-11)10(14)15-2/h6-8H,3-5H2,1-2H3,(H,12,13). The number of ether oxygens (including phenoxy) is 1. The largest absolute Gasteiger partial charge is 0.465 e. The number of methoxy groups -OCH3 is 1. The number of hydrogen-bond donors (Lipinski definition) is 1. The fourth-order valence-corrected chi connectivity index (χ4v) is 2.62. The van der Waals surface area contributed by atoms with E-state index in [1.807, 2.05) is 0 Å². The van der Waals surface area contributed by atoms with Crippen LogP contribution in [0.1, 0.15) is 35.9 Å². The lowest BCUT2D eigenvalue weighted by molar-refractivity contribution is 0.0606. The molecule has 1 N–H and O–H groups in total. The molecule has 1 aromatic heterocycles. The van der Waals surface area contributed by atoms with Crippen LogP contribution in [-0.4, -0.2) is 24.1 Å². The van der Waals surface area contributed by atoms with Crippen molar-refractivity contribution in [2.45, 2.75) is 32.2 Å². The number of anilines is 1. The summed E-state index contributed by atoms with van der Waals surface area (Å²) in [5.41, 5.74) is 0. The number of carbonyl (C=O) groups is 1. The minimum absolute atomic E-state index is 0.318. The van der Waals surface area contributed by atoms with Crippen LogP contribution in [0.25, 0.3) is 0 Å². The molecule has 1 saturated carbocycles. The van der Waals surface area contributed by atoms with Crippen molar-refractivity contribution in [2.24, 2.45) is 5.92 Å². The number of esters is 1. The quantitative estimate of drug-likeness (QED) is 0.822.